The average molecular weight is 334 g/mol. The molecule has 1 aliphatic rings. The van der Waals surface area contributed by atoms with Gasteiger partial charge >= 0.3 is 0 Å². The van der Waals surface area contributed by atoms with E-state index in [1.54, 1.807) is 0 Å². The van der Waals surface area contributed by atoms with Crippen molar-refractivity contribution < 1.29 is 24.4 Å². The molecule has 1 aliphatic carbocycles. The van der Waals surface area contributed by atoms with Gasteiger partial charge in [-0.2, -0.15) is 0 Å². The quantitative estimate of drug-likeness (QED) is 0.582. The smallest absolute Gasteiger partial charge is 0.282 e. The van der Waals surface area contributed by atoms with Crippen molar-refractivity contribution in [1.82, 2.24) is 10.9 Å². The molecule has 0 radical (unpaired) electrons. The van der Waals surface area contributed by atoms with Crippen molar-refractivity contribution in [2.45, 2.75) is 25.7 Å². The Balaban J connectivity index is 2.02. The summed E-state index contributed by atoms with van der Waals surface area (Å²) in [6.07, 6.45) is 2.13. The van der Waals surface area contributed by atoms with Crippen LogP contribution in [0.25, 0.3) is 0 Å². The Kier molecular flexibility index (Phi) is 5.46. The third-order valence-corrected chi connectivity index (χ3v) is 4.05. The highest BCUT2D eigenvalue weighted by atomic mass is 16.6. The number of amides is 2. The summed E-state index contributed by atoms with van der Waals surface area (Å²) < 4.78 is 0. The molecule has 1 aromatic rings. The first-order valence-electron chi connectivity index (χ1n) is 7.46. The summed E-state index contributed by atoms with van der Waals surface area (Å²) in [7, 11) is 0. The van der Waals surface area contributed by atoms with Crippen LogP contribution in [0.2, 0.25) is 0 Å². The summed E-state index contributed by atoms with van der Waals surface area (Å²) in [5, 5.41) is 22.0. The number of nitro groups is 1. The Morgan fingerprint density at radius 3 is 2.29 bits per heavy atom. The molecule has 2 atom stereocenters. The van der Waals surface area contributed by atoms with Gasteiger partial charge in [-0.25, -0.2) is 0 Å². The van der Waals surface area contributed by atoms with Crippen LogP contribution in [-0.2, 0) is 9.59 Å². The van der Waals surface area contributed by atoms with Crippen molar-refractivity contribution in [2.75, 3.05) is 0 Å². The number of para-hydroxylation sites is 1. The molecule has 0 unspecified atom stereocenters. The van der Waals surface area contributed by atoms with Gasteiger partial charge in [0.1, 0.15) is 5.56 Å². The Bertz CT molecular complexity index is 675. The molecular weight excluding hydrogens is 318 g/mol. The predicted molar refractivity (Wildman–Crippen MR) is 79.2 cm³/mol. The molecule has 1 aromatic carbocycles. The minimum absolute atomic E-state index is 0.206. The zero-order chi connectivity index (χ0) is 17.7. The number of benzene rings is 1. The number of carbonyl (C=O) groups excluding carboxylic acids is 3. The highest BCUT2D eigenvalue weighted by Crippen LogP contribution is 2.29. The van der Waals surface area contributed by atoms with E-state index in [4.69, 9.17) is 0 Å². The highest BCUT2D eigenvalue weighted by Gasteiger charge is 2.32. The van der Waals surface area contributed by atoms with Crippen LogP contribution in [0.3, 0.4) is 0 Å². The fourth-order valence-corrected chi connectivity index (χ4v) is 2.83. The van der Waals surface area contributed by atoms with Gasteiger partial charge in [-0.15, -0.1) is 0 Å². The standard InChI is InChI=1S/C15H17N3O6/c19-13(9-5-1-2-6-10(9)15(21)22)16-17-14(20)11-7-3-4-8-12(11)18(23)24/h3-4,7-10H,1-2,5-6H2,(H,16,19)(H,17,20)(H,21,22)/p-1/t9-,10-/m1/s1. The fraction of sp³-hybridized carbons (Fsp3) is 0.400. The van der Waals surface area contributed by atoms with E-state index in [9.17, 15) is 29.6 Å². The van der Waals surface area contributed by atoms with Gasteiger partial charge in [-0.3, -0.25) is 30.6 Å². The molecule has 2 rings (SSSR count). The number of nitrogens with zero attached hydrogens (tertiary/aromatic N) is 1. The van der Waals surface area contributed by atoms with E-state index in [-0.39, 0.29) is 5.56 Å². The Hall–Kier alpha value is -2.97. The van der Waals surface area contributed by atoms with Gasteiger partial charge in [0.2, 0.25) is 5.91 Å². The molecule has 9 nitrogen and oxygen atoms in total. The molecular formula is C15H16N3O6-. The lowest BCUT2D eigenvalue weighted by Crippen LogP contribution is -2.49. The van der Waals surface area contributed by atoms with Crippen LogP contribution in [0.1, 0.15) is 36.0 Å². The van der Waals surface area contributed by atoms with Gasteiger partial charge in [0.05, 0.1) is 4.92 Å². The van der Waals surface area contributed by atoms with Crippen LogP contribution < -0.4 is 16.0 Å². The Labute approximate surface area is 137 Å². The number of nitro benzene ring substituents is 1. The zero-order valence-corrected chi connectivity index (χ0v) is 12.7. The molecule has 0 saturated heterocycles. The average Bonchev–Trinajstić information content (AvgIpc) is 2.59. The Morgan fingerprint density at radius 2 is 1.67 bits per heavy atom. The maximum Gasteiger partial charge on any atom is 0.282 e. The normalized spacial score (nSPS) is 20.0. The highest BCUT2D eigenvalue weighted by molar-refractivity contribution is 5.99. The van der Waals surface area contributed by atoms with E-state index in [1.165, 1.54) is 24.3 Å². The number of hydrazine groups is 1. The van der Waals surface area contributed by atoms with Crippen LogP contribution in [0.5, 0.6) is 0 Å². The van der Waals surface area contributed by atoms with Crippen LogP contribution in [-0.4, -0.2) is 22.7 Å². The fourth-order valence-electron chi connectivity index (χ4n) is 2.83. The number of hydrogen-bond acceptors (Lipinski definition) is 6. The molecule has 0 spiro atoms. The molecule has 2 N–H and O–H groups in total. The first-order valence-corrected chi connectivity index (χ1v) is 7.46. The molecule has 0 heterocycles. The van der Waals surface area contributed by atoms with Crippen LogP contribution in [0.4, 0.5) is 5.69 Å². The molecule has 2 amide bonds. The lowest BCUT2D eigenvalue weighted by atomic mass is 9.79. The number of nitrogens with one attached hydrogen (secondary N) is 2. The summed E-state index contributed by atoms with van der Waals surface area (Å²) in [4.78, 5) is 45.4. The van der Waals surface area contributed by atoms with E-state index < -0.39 is 40.2 Å². The van der Waals surface area contributed by atoms with E-state index in [1.807, 2.05) is 0 Å². The van der Waals surface area contributed by atoms with Gasteiger partial charge in [0.25, 0.3) is 11.6 Å². The minimum Gasteiger partial charge on any atom is -0.550 e. The number of carboxylic acid groups (broad SMARTS) is 1. The molecule has 24 heavy (non-hydrogen) atoms. The third-order valence-electron chi connectivity index (χ3n) is 4.05. The van der Waals surface area contributed by atoms with Gasteiger partial charge < -0.3 is 9.90 Å². The molecule has 0 aliphatic heterocycles. The monoisotopic (exact) mass is 334 g/mol. The molecule has 128 valence electrons. The summed E-state index contributed by atoms with van der Waals surface area (Å²) in [5.74, 6) is -4.48. The second-order valence-electron chi connectivity index (χ2n) is 5.53. The summed E-state index contributed by atoms with van der Waals surface area (Å²) in [6.45, 7) is 0. The van der Waals surface area contributed by atoms with E-state index in [0.717, 1.165) is 0 Å². The second-order valence-corrected chi connectivity index (χ2v) is 5.53. The topological polar surface area (TPSA) is 141 Å². The van der Waals surface area contributed by atoms with Crippen molar-refractivity contribution in [1.29, 1.82) is 0 Å². The number of rotatable bonds is 4. The van der Waals surface area contributed by atoms with Crippen molar-refractivity contribution in [3.63, 3.8) is 0 Å². The first-order chi connectivity index (χ1) is 11.4. The summed E-state index contributed by atoms with van der Waals surface area (Å²) >= 11 is 0. The number of aliphatic carboxylic acids is 1. The van der Waals surface area contributed by atoms with Crippen molar-refractivity contribution in [3.05, 3.63) is 39.9 Å². The minimum atomic E-state index is -1.29. The molecule has 0 aromatic heterocycles. The van der Waals surface area contributed by atoms with Gasteiger partial charge in [-0.05, 0) is 18.9 Å². The second kappa shape index (κ2) is 7.53. The van der Waals surface area contributed by atoms with E-state index in [0.29, 0.717) is 25.7 Å². The largest absolute Gasteiger partial charge is 0.550 e. The number of carbonyl (C=O) groups is 3. The van der Waals surface area contributed by atoms with Crippen molar-refractivity contribution >= 4 is 23.5 Å². The van der Waals surface area contributed by atoms with Crippen molar-refractivity contribution in [2.24, 2.45) is 11.8 Å². The Morgan fingerprint density at radius 1 is 1.04 bits per heavy atom. The van der Waals surface area contributed by atoms with Crippen LogP contribution in [0.15, 0.2) is 24.3 Å². The predicted octanol–water partition coefficient (Wildman–Crippen LogP) is -0.0879. The third kappa shape index (κ3) is 3.86. The zero-order valence-electron chi connectivity index (χ0n) is 12.7. The lowest BCUT2D eigenvalue weighted by molar-refractivity contribution is -0.385. The summed E-state index contributed by atoms with van der Waals surface area (Å²) in [5.41, 5.74) is 3.64. The van der Waals surface area contributed by atoms with Gasteiger partial charge in [0, 0.05) is 23.9 Å². The van der Waals surface area contributed by atoms with Gasteiger partial charge in [-0.1, -0.05) is 25.0 Å². The van der Waals surface area contributed by atoms with E-state index >= 15 is 0 Å². The lowest BCUT2D eigenvalue weighted by Gasteiger charge is -2.31. The molecule has 1 fully saturated rings. The first kappa shape index (κ1) is 17.4. The molecule has 1 saturated carbocycles. The van der Waals surface area contributed by atoms with Crippen LogP contribution >= 0.6 is 0 Å². The van der Waals surface area contributed by atoms with Crippen LogP contribution in [0, 0.1) is 22.0 Å². The van der Waals surface area contributed by atoms with E-state index in [2.05, 4.69) is 10.9 Å². The SMILES string of the molecule is O=C(NNC(=O)[C@@H]1CCCC[C@H]1C(=O)[O-])c1ccccc1[N+](=O)[O-]. The number of hydrogen-bond donors (Lipinski definition) is 2. The molecule has 0 bridgehead atoms. The molecule has 9 heteroatoms. The van der Waals surface area contributed by atoms with Gasteiger partial charge in [0.15, 0.2) is 0 Å². The maximum atomic E-state index is 12.1. The maximum absolute atomic E-state index is 12.1. The van der Waals surface area contributed by atoms with Crippen molar-refractivity contribution in [3.8, 4) is 0 Å². The summed E-state index contributed by atoms with van der Waals surface area (Å²) in [6, 6.07) is 5.30. The number of carboxylic acids is 1.